The van der Waals surface area contributed by atoms with Crippen LogP contribution >= 0.6 is 11.6 Å². The van der Waals surface area contributed by atoms with E-state index in [2.05, 4.69) is 127 Å². The number of hydrogen-bond donors (Lipinski definition) is 0. The van der Waals surface area contributed by atoms with Crippen molar-refractivity contribution in [1.82, 2.24) is 0 Å². The van der Waals surface area contributed by atoms with Crippen molar-refractivity contribution in [3.63, 3.8) is 0 Å². The Morgan fingerprint density at radius 2 is 0.714 bits per heavy atom. The maximum Gasteiger partial charge on any atom is 0.0418 e. The lowest BCUT2D eigenvalue weighted by atomic mass is 9.89. The molecule has 0 unspecified atom stereocenters. The van der Waals surface area contributed by atoms with Crippen molar-refractivity contribution < 1.29 is 0 Å². The van der Waals surface area contributed by atoms with Gasteiger partial charge in [-0.05, 0) is 95.7 Å². The van der Waals surface area contributed by atoms with Gasteiger partial charge >= 0.3 is 0 Å². The second-order valence-electron chi connectivity index (χ2n) is 9.11. The number of fused-ring (bicyclic) bond motifs is 6. The van der Waals surface area contributed by atoms with Crippen LogP contribution in [0.1, 0.15) is 0 Å². The largest absolute Gasteiger partial charge is 0.0843 e. The summed E-state index contributed by atoms with van der Waals surface area (Å²) >= 11 is 6.79. The topological polar surface area (TPSA) is 0 Å². The van der Waals surface area contributed by atoms with Crippen LogP contribution in [0.3, 0.4) is 0 Å². The zero-order valence-corrected chi connectivity index (χ0v) is 19.8. The van der Waals surface area contributed by atoms with E-state index in [9.17, 15) is 0 Å². The molecule has 35 heavy (non-hydrogen) atoms. The van der Waals surface area contributed by atoms with E-state index in [-0.39, 0.29) is 0 Å². The van der Waals surface area contributed by atoms with E-state index in [0.717, 1.165) is 16.1 Å². The molecule has 0 fully saturated rings. The van der Waals surface area contributed by atoms with Gasteiger partial charge in [0.15, 0.2) is 0 Å². The Hall–Kier alpha value is -4.13. The fraction of sp³-hybridized carbons (Fsp3) is 0. The van der Waals surface area contributed by atoms with Crippen LogP contribution in [0.2, 0.25) is 5.02 Å². The molecule has 164 valence electrons. The molecule has 0 spiro atoms. The van der Waals surface area contributed by atoms with E-state index >= 15 is 0 Å². The maximum atomic E-state index is 6.79. The lowest BCUT2D eigenvalue weighted by Gasteiger charge is -2.15. The average Bonchev–Trinajstić information content (AvgIpc) is 2.92. The monoisotopic (exact) mass is 464 g/mol. The van der Waals surface area contributed by atoms with Gasteiger partial charge in [-0.3, -0.25) is 0 Å². The summed E-state index contributed by atoms with van der Waals surface area (Å²) in [7, 11) is 0. The number of halogens is 1. The van der Waals surface area contributed by atoms with E-state index in [1.54, 1.807) is 0 Å². The zero-order valence-electron chi connectivity index (χ0n) is 19.0. The summed E-state index contributed by atoms with van der Waals surface area (Å²) in [6.07, 6.45) is 0. The van der Waals surface area contributed by atoms with Crippen molar-refractivity contribution in [2.45, 2.75) is 0 Å². The fourth-order valence-corrected chi connectivity index (χ4v) is 5.72. The molecule has 0 radical (unpaired) electrons. The Bertz CT molecular complexity index is 1780. The van der Waals surface area contributed by atoms with Crippen LogP contribution in [0.15, 0.2) is 127 Å². The van der Waals surface area contributed by atoms with Gasteiger partial charge in [0.1, 0.15) is 0 Å². The predicted octanol–water partition coefficient (Wildman–Crippen LogP) is 10.3. The molecule has 7 rings (SSSR count). The van der Waals surface area contributed by atoms with Crippen molar-refractivity contribution in [2.24, 2.45) is 0 Å². The van der Waals surface area contributed by atoms with E-state index in [4.69, 9.17) is 11.6 Å². The van der Waals surface area contributed by atoms with Crippen molar-refractivity contribution in [2.75, 3.05) is 0 Å². The van der Waals surface area contributed by atoms with E-state index < -0.39 is 0 Å². The summed E-state index contributed by atoms with van der Waals surface area (Å²) in [4.78, 5) is 0. The third-order valence-corrected chi connectivity index (χ3v) is 7.27. The summed E-state index contributed by atoms with van der Waals surface area (Å²) in [5, 5.41) is 10.8. The number of hydrogen-bond acceptors (Lipinski definition) is 0. The minimum Gasteiger partial charge on any atom is -0.0843 e. The van der Waals surface area contributed by atoms with Crippen molar-refractivity contribution in [3.05, 3.63) is 132 Å². The van der Waals surface area contributed by atoms with Gasteiger partial charge in [0.05, 0.1) is 0 Å². The number of rotatable bonds is 2. The predicted molar refractivity (Wildman–Crippen MR) is 152 cm³/mol. The molecular weight excluding hydrogens is 444 g/mol. The van der Waals surface area contributed by atoms with E-state index in [1.165, 1.54) is 54.2 Å². The molecule has 0 nitrogen and oxygen atoms in total. The number of benzene rings is 7. The molecule has 0 aliphatic carbocycles. The van der Waals surface area contributed by atoms with Crippen LogP contribution in [-0.4, -0.2) is 0 Å². The molecule has 0 amide bonds. The van der Waals surface area contributed by atoms with Gasteiger partial charge in [-0.1, -0.05) is 109 Å². The van der Waals surface area contributed by atoms with Crippen molar-refractivity contribution >= 4 is 54.7 Å². The van der Waals surface area contributed by atoms with Gasteiger partial charge in [-0.15, -0.1) is 0 Å². The molecule has 1 heteroatoms. The highest BCUT2D eigenvalue weighted by atomic mass is 35.5. The summed E-state index contributed by atoms with van der Waals surface area (Å²) in [5.74, 6) is 0. The van der Waals surface area contributed by atoms with Crippen LogP contribution < -0.4 is 0 Å². The Balaban J connectivity index is 1.54. The highest BCUT2D eigenvalue weighted by molar-refractivity contribution is 6.31. The lowest BCUT2D eigenvalue weighted by Crippen LogP contribution is -1.88. The highest BCUT2D eigenvalue weighted by Gasteiger charge is 2.13. The van der Waals surface area contributed by atoms with Crippen molar-refractivity contribution in [1.29, 1.82) is 0 Å². The summed E-state index contributed by atoms with van der Waals surface area (Å²) in [6, 6.07) is 45.6. The SMILES string of the molecule is Clc1cc(-c2cc3ccccc3c3ccccc23)cc(-c2cc3ccccc3c3ccccc23)c1. The lowest BCUT2D eigenvalue weighted by molar-refractivity contribution is 1.64. The maximum absolute atomic E-state index is 6.79. The molecule has 0 saturated carbocycles. The third-order valence-electron chi connectivity index (χ3n) is 7.06. The molecule has 0 heterocycles. The Labute approximate surface area is 209 Å². The normalized spacial score (nSPS) is 11.6. The first-order chi connectivity index (χ1) is 17.3. The third kappa shape index (κ3) is 3.30. The van der Waals surface area contributed by atoms with Gasteiger partial charge in [0.2, 0.25) is 0 Å². The smallest absolute Gasteiger partial charge is 0.0418 e. The van der Waals surface area contributed by atoms with Crippen LogP contribution in [0.5, 0.6) is 0 Å². The molecule has 0 aliphatic heterocycles. The molecule has 0 aromatic heterocycles. The van der Waals surface area contributed by atoms with Gasteiger partial charge in [0, 0.05) is 5.02 Å². The molecule has 0 aliphatic rings. The van der Waals surface area contributed by atoms with Crippen LogP contribution in [0, 0.1) is 0 Å². The molecule has 0 N–H and O–H groups in total. The first kappa shape index (κ1) is 20.3. The molecular formula is C34H21Cl. The second kappa shape index (κ2) is 7.98. The standard InChI is InChI=1S/C34H21Cl/c35-26-18-24(33-20-22-9-1-3-11-27(22)29-13-5-7-15-31(29)33)17-25(19-26)34-21-23-10-2-4-12-28(23)30-14-6-8-16-32(30)34/h1-21H. The first-order valence-electron chi connectivity index (χ1n) is 11.9. The Kier molecular flexibility index (Phi) is 4.62. The molecule has 0 atom stereocenters. The summed E-state index contributed by atoms with van der Waals surface area (Å²) < 4.78 is 0. The van der Waals surface area contributed by atoms with Crippen LogP contribution in [0.25, 0.3) is 65.3 Å². The zero-order chi connectivity index (χ0) is 23.4. The minimum absolute atomic E-state index is 0.743. The highest BCUT2D eigenvalue weighted by Crippen LogP contribution is 2.40. The van der Waals surface area contributed by atoms with Crippen LogP contribution in [0.4, 0.5) is 0 Å². The van der Waals surface area contributed by atoms with Gasteiger partial charge in [-0.2, -0.15) is 0 Å². The molecule has 0 saturated heterocycles. The van der Waals surface area contributed by atoms with Gasteiger partial charge in [-0.25, -0.2) is 0 Å². The first-order valence-corrected chi connectivity index (χ1v) is 12.3. The minimum atomic E-state index is 0.743. The summed E-state index contributed by atoms with van der Waals surface area (Å²) in [6.45, 7) is 0. The molecule has 7 aromatic carbocycles. The quantitative estimate of drug-likeness (QED) is 0.223. The van der Waals surface area contributed by atoms with Crippen molar-refractivity contribution in [3.8, 4) is 22.3 Å². The molecule has 7 aromatic rings. The fourth-order valence-electron chi connectivity index (χ4n) is 5.49. The second-order valence-corrected chi connectivity index (χ2v) is 9.55. The molecule has 0 bridgehead atoms. The Morgan fingerprint density at radius 3 is 1.17 bits per heavy atom. The van der Waals surface area contributed by atoms with Gasteiger partial charge in [0.25, 0.3) is 0 Å². The van der Waals surface area contributed by atoms with E-state index in [1.807, 2.05) is 0 Å². The van der Waals surface area contributed by atoms with Crippen LogP contribution in [-0.2, 0) is 0 Å². The average molecular weight is 465 g/mol. The summed E-state index contributed by atoms with van der Waals surface area (Å²) in [5.41, 5.74) is 4.67. The van der Waals surface area contributed by atoms with E-state index in [0.29, 0.717) is 0 Å². The Morgan fingerprint density at radius 1 is 0.343 bits per heavy atom. The van der Waals surface area contributed by atoms with Gasteiger partial charge < -0.3 is 0 Å².